The molecule has 0 radical (unpaired) electrons. The summed E-state index contributed by atoms with van der Waals surface area (Å²) in [6, 6.07) is 3.73. The number of fused-ring (bicyclic) bond motifs is 1. The van der Waals surface area contributed by atoms with Gasteiger partial charge in [0, 0.05) is 32.6 Å². The van der Waals surface area contributed by atoms with Crippen molar-refractivity contribution in [2.75, 3.05) is 38.2 Å². The number of anilines is 1. The number of carbonyl (C=O) groups is 1. The van der Waals surface area contributed by atoms with Crippen LogP contribution in [0.25, 0.3) is 11.7 Å². The van der Waals surface area contributed by atoms with Crippen molar-refractivity contribution in [2.45, 2.75) is 39.2 Å². The summed E-state index contributed by atoms with van der Waals surface area (Å²) >= 11 is 6.67. The van der Waals surface area contributed by atoms with Gasteiger partial charge in [0.1, 0.15) is 15.8 Å². The zero-order valence-electron chi connectivity index (χ0n) is 18.8. The van der Waals surface area contributed by atoms with Gasteiger partial charge in [0.25, 0.3) is 11.5 Å². The Balaban J connectivity index is 1.65. The summed E-state index contributed by atoms with van der Waals surface area (Å²) in [5.41, 5.74) is 1.59. The number of carbonyl (C=O) groups excluding carboxylic acids is 1. The van der Waals surface area contributed by atoms with E-state index in [1.54, 1.807) is 17.2 Å². The minimum absolute atomic E-state index is 0.00496. The van der Waals surface area contributed by atoms with Crippen LogP contribution in [-0.2, 0) is 14.3 Å². The van der Waals surface area contributed by atoms with Crippen LogP contribution in [0.15, 0.2) is 28.0 Å². The van der Waals surface area contributed by atoms with Gasteiger partial charge in [0.2, 0.25) is 0 Å². The molecule has 8 nitrogen and oxygen atoms in total. The first-order valence-electron chi connectivity index (χ1n) is 11.2. The fraction of sp³-hybridized carbons (Fsp3) is 0.478. The van der Waals surface area contributed by atoms with Crippen molar-refractivity contribution in [1.82, 2.24) is 14.3 Å². The number of aromatic nitrogens is 2. The monoisotopic (exact) mass is 488 g/mol. The highest BCUT2D eigenvalue weighted by atomic mass is 32.2. The van der Waals surface area contributed by atoms with Crippen LogP contribution < -0.4 is 10.9 Å². The third-order valence-electron chi connectivity index (χ3n) is 5.53. The Hall–Kier alpha value is -2.27. The lowest BCUT2D eigenvalue weighted by molar-refractivity contribution is -0.123. The number of ether oxygens (including phenoxy) is 2. The fourth-order valence-corrected chi connectivity index (χ4v) is 5.09. The predicted molar refractivity (Wildman–Crippen MR) is 135 cm³/mol. The van der Waals surface area contributed by atoms with Crippen molar-refractivity contribution >= 4 is 51.7 Å². The summed E-state index contributed by atoms with van der Waals surface area (Å²) < 4.78 is 13.1. The van der Waals surface area contributed by atoms with Gasteiger partial charge in [-0.1, -0.05) is 30.0 Å². The maximum atomic E-state index is 13.4. The quantitative estimate of drug-likeness (QED) is 0.327. The molecule has 33 heavy (non-hydrogen) atoms. The first kappa shape index (κ1) is 23.9. The second-order valence-corrected chi connectivity index (χ2v) is 9.69. The number of nitrogens with zero attached hydrogens (tertiary/aromatic N) is 3. The smallest absolute Gasteiger partial charge is 0.267 e. The summed E-state index contributed by atoms with van der Waals surface area (Å²) in [7, 11) is 0. The molecule has 0 saturated carbocycles. The van der Waals surface area contributed by atoms with Crippen LogP contribution in [0.1, 0.15) is 37.3 Å². The topological polar surface area (TPSA) is 85.2 Å². The van der Waals surface area contributed by atoms with Gasteiger partial charge in [0.15, 0.2) is 0 Å². The third kappa shape index (κ3) is 5.46. The van der Waals surface area contributed by atoms with Crippen molar-refractivity contribution < 1.29 is 14.3 Å². The highest BCUT2D eigenvalue weighted by Crippen LogP contribution is 2.34. The van der Waals surface area contributed by atoms with Crippen LogP contribution >= 0.6 is 24.0 Å². The number of pyridine rings is 1. The molecule has 1 atom stereocenters. The lowest BCUT2D eigenvalue weighted by Gasteiger charge is -2.18. The van der Waals surface area contributed by atoms with Gasteiger partial charge in [0.05, 0.1) is 23.1 Å². The van der Waals surface area contributed by atoms with E-state index in [-0.39, 0.29) is 17.6 Å². The zero-order chi connectivity index (χ0) is 23.4. The summed E-state index contributed by atoms with van der Waals surface area (Å²) in [6.07, 6.45) is 6.05. The number of hydrogen-bond donors (Lipinski definition) is 1. The minimum atomic E-state index is -0.236. The van der Waals surface area contributed by atoms with E-state index in [0.29, 0.717) is 59.2 Å². The van der Waals surface area contributed by atoms with Crippen molar-refractivity contribution in [3.63, 3.8) is 0 Å². The molecule has 0 spiro atoms. The van der Waals surface area contributed by atoms with E-state index in [0.717, 1.165) is 24.8 Å². The predicted octanol–water partition coefficient (Wildman–Crippen LogP) is 3.22. The van der Waals surface area contributed by atoms with Gasteiger partial charge in [-0.15, -0.1) is 0 Å². The summed E-state index contributed by atoms with van der Waals surface area (Å²) in [6.45, 7) is 6.90. The average Bonchev–Trinajstić information content (AvgIpc) is 3.40. The van der Waals surface area contributed by atoms with E-state index in [4.69, 9.17) is 21.7 Å². The van der Waals surface area contributed by atoms with Crippen LogP contribution in [0.4, 0.5) is 5.82 Å². The molecule has 10 heteroatoms. The van der Waals surface area contributed by atoms with E-state index >= 15 is 0 Å². The molecule has 2 aliphatic heterocycles. The van der Waals surface area contributed by atoms with Gasteiger partial charge < -0.3 is 14.8 Å². The summed E-state index contributed by atoms with van der Waals surface area (Å²) in [4.78, 5) is 33.2. The minimum Gasteiger partial charge on any atom is -0.382 e. The Morgan fingerprint density at radius 1 is 1.39 bits per heavy atom. The SMILES string of the molecule is CCOCCCNc1nc2ccc(C)cn2c(=O)c1/C=C1/SC(=S)N(CC2CCCO2)C1=O. The van der Waals surface area contributed by atoms with Crippen LogP contribution in [0.2, 0.25) is 0 Å². The fourth-order valence-electron chi connectivity index (χ4n) is 3.83. The van der Waals surface area contributed by atoms with Crippen molar-refractivity contribution in [2.24, 2.45) is 0 Å². The van der Waals surface area contributed by atoms with E-state index in [1.807, 2.05) is 26.0 Å². The lowest BCUT2D eigenvalue weighted by Crippen LogP contribution is -2.35. The molecule has 2 fully saturated rings. The largest absolute Gasteiger partial charge is 0.382 e. The molecule has 2 aromatic heterocycles. The molecular formula is C23H28N4O4S2. The Morgan fingerprint density at radius 3 is 3.00 bits per heavy atom. The molecule has 1 unspecified atom stereocenters. The Kier molecular flexibility index (Phi) is 7.79. The van der Waals surface area contributed by atoms with Crippen molar-refractivity contribution in [1.29, 1.82) is 0 Å². The van der Waals surface area contributed by atoms with Gasteiger partial charge in [-0.05, 0) is 50.8 Å². The standard InChI is InChI=1S/C23H28N4O4S2/c1-3-30-10-5-9-24-20-17(21(28)26-13-15(2)7-8-19(26)25-20)12-18-22(29)27(23(32)33-18)14-16-6-4-11-31-16/h7-8,12-13,16,24H,3-6,9-11,14H2,1-2H3/b18-12+. The number of hydrogen-bond acceptors (Lipinski definition) is 8. The number of aryl methyl sites for hydroxylation is 1. The number of rotatable bonds is 9. The maximum Gasteiger partial charge on any atom is 0.267 e. The lowest BCUT2D eigenvalue weighted by atomic mass is 10.2. The molecule has 0 aliphatic carbocycles. The maximum absolute atomic E-state index is 13.4. The Labute approximate surface area is 202 Å². The van der Waals surface area contributed by atoms with E-state index in [1.165, 1.54) is 16.2 Å². The normalized spacial score (nSPS) is 19.9. The van der Waals surface area contributed by atoms with Crippen LogP contribution in [0.5, 0.6) is 0 Å². The number of amides is 1. The molecule has 0 aromatic carbocycles. The number of thioether (sulfide) groups is 1. The Bertz CT molecular complexity index is 1140. The van der Waals surface area contributed by atoms with E-state index < -0.39 is 0 Å². The van der Waals surface area contributed by atoms with Crippen molar-refractivity contribution in [3.05, 3.63) is 44.7 Å². The second kappa shape index (κ2) is 10.8. The van der Waals surface area contributed by atoms with Gasteiger partial charge in [-0.25, -0.2) is 4.98 Å². The molecule has 1 N–H and O–H groups in total. The molecule has 2 aromatic rings. The van der Waals surface area contributed by atoms with Gasteiger partial charge in [-0.2, -0.15) is 0 Å². The van der Waals surface area contributed by atoms with Gasteiger partial charge >= 0.3 is 0 Å². The average molecular weight is 489 g/mol. The highest BCUT2D eigenvalue weighted by molar-refractivity contribution is 8.26. The zero-order valence-corrected chi connectivity index (χ0v) is 20.5. The highest BCUT2D eigenvalue weighted by Gasteiger charge is 2.35. The van der Waals surface area contributed by atoms with Crippen LogP contribution in [-0.4, -0.2) is 63.5 Å². The molecule has 4 heterocycles. The first-order chi connectivity index (χ1) is 16.0. The summed E-state index contributed by atoms with van der Waals surface area (Å²) in [5, 5.41) is 3.25. The van der Waals surface area contributed by atoms with E-state index in [9.17, 15) is 9.59 Å². The second-order valence-electron chi connectivity index (χ2n) is 8.02. The number of nitrogens with one attached hydrogen (secondary N) is 1. The first-order valence-corrected chi connectivity index (χ1v) is 12.4. The van der Waals surface area contributed by atoms with Crippen LogP contribution in [0, 0.1) is 6.92 Å². The molecular weight excluding hydrogens is 460 g/mol. The summed E-state index contributed by atoms with van der Waals surface area (Å²) in [5.74, 6) is 0.251. The van der Waals surface area contributed by atoms with Gasteiger partial charge in [-0.3, -0.25) is 18.9 Å². The Morgan fingerprint density at radius 2 is 2.24 bits per heavy atom. The molecule has 2 aliphatic rings. The van der Waals surface area contributed by atoms with Crippen LogP contribution in [0.3, 0.4) is 0 Å². The van der Waals surface area contributed by atoms with E-state index in [2.05, 4.69) is 10.3 Å². The molecule has 2 saturated heterocycles. The number of thiocarbonyl (C=S) groups is 1. The molecule has 4 rings (SSSR count). The molecule has 176 valence electrons. The molecule has 0 bridgehead atoms. The van der Waals surface area contributed by atoms with Crippen molar-refractivity contribution in [3.8, 4) is 0 Å². The third-order valence-corrected chi connectivity index (χ3v) is 6.90. The molecule has 1 amide bonds.